The molecule has 31 heavy (non-hydrogen) atoms. The summed E-state index contributed by atoms with van der Waals surface area (Å²) >= 11 is 0. The Hall–Kier alpha value is -3.30. The number of hydrogen-bond acceptors (Lipinski definition) is 7. The molecule has 2 bridgehead atoms. The van der Waals surface area contributed by atoms with Gasteiger partial charge in [0.05, 0.1) is 23.2 Å². The Morgan fingerprint density at radius 2 is 1.84 bits per heavy atom. The molecule has 1 heterocycles. The first kappa shape index (κ1) is 21.0. The number of nitro groups is 1. The summed E-state index contributed by atoms with van der Waals surface area (Å²) in [6, 6.07) is 4.24. The normalized spacial score (nSPS) is 26.2. The van der Waals surface area contributed by atoms with Crippen molar-refractivity contribution in [3.8, 4) is 0 Å². The number of nitrogens with zero attached hydrogens (tertiary/aromatic N) is 2. The van der Waals surface area contributed by atoms with Gasteiger partial charge in [0.15, 0.2) is 6.61 Å². The van der Waals surface area contributed by atoms with Gasteiger partial charge in [0.2, 0.25) is 11.8 Å². The van der Waals surface area contributed by atoms with Crippen LogP contribution in [0, 0.1) is 40.7 Å². The van der Waals surface area contributed by atoms with Crippen molar-refractivity contribution in [2.75, 3.05) is 18.5 Å². The predicted molar refractivity (Wildman–Crippen MR) is 107 cm³/mol. The average Bonchev–Trinajstić information content (AvgIpc) is 3.40. The molecule has 3 fully saturated rings. The van der Waals surface area contributed by atoms with Gasteiger partial charge in [-0.3, -0.25) is 34.2 Å². The van der Waals surface area contributed by atoms with E-state index in [-0.39, 0.29) is 59.8 Å². The van der Waals surface area contributed by atoms with E-state index in [2.05, 4.69) is 5.32 Å². The maximum Gasteiger partial charge on any atom is 0.308 e. The number of carbonyl (C=O) groups is 4. The van der Waals surface area contributed by atoms with Crippen LogP contribution in [0.4, 0.5) is 11.4 Å². The largest absolute Gasteiger partial charge is 0.456 e. The van der Waals surface area contributed by atoms with Crippen LogP contribution in [0.15, 0.2) is 18.2 Å². The summed E-state index contributed by atoms with van der Waals surface area (Å²) in [6.07, 6.45) is 2.73. The number of benzene rings is 1. The number of fused-ring (bicyclic) bond motifs is 5. The van der Waals surface area contributed by atoms with E-state index in [9.17, 15) is 29.3 Å². The molecule has 3 aliphatic rings. The van der Waals surface area contributed by atoms with Crippen molar-refractivity contribution in [1.29, 1.82) is 0 Å². The van der Waals surface area contributed by atoms with Gasteiger partial charge in [-0.25, -0.2) is 0 Å². The van der Waals surface area contributed by atoms with Gasteiger partial charge in [-0.1, -0.05) is 6.07 Å². The van der Waals surface area contributed by atoms with E-state index >= 15 is 0 Å². The van der Waals surface area contributed by atoms with Gasteiger partial charge in [-0.2, -0.15) is 0 Å². The van der Waals surface area contributed by atoms with Crippen molar-refractivity contribution in [3.63, 3.8) is 0 Å². The first-order valence-electron chi connectivity index (χ1n) is 10.3. The highest BCUT2D eigenvalue weighted by molar-refractivity contribution is 6.06. The lowest BCUT2D eigenvalue weighted by Crippen LogP contribution is -2.35. The van der Waals surface area contributed by atoms with Gasteiger partial charge in [-0.15, -0.1) is 0 Å². The highest BCUT2D eigenvalue weighted by atomic mass is 16.6. The van der Waals surface area contributed by atoms with Crippen LogP contribution in [-0.2, 0) is 23.9 Å². The number of nitro benzene ring substituents is 1. The van der Waals surface area contributed by atoms with Crippen LogP contribution >= 0.6 is 0 Å². The molecule has 2 saturated carbocycles. The van der Waals surface area contributed by atoms with Crippen molar-refractivity contribution in [1.82, 2.24) is 4.90 Å². The summed E-state index contributed by atoms with van der Waals surface area (Å²) in [5.41, 5.74) is 0.540. The van der Waals surface area contributed by atoms with Crippen LogP contribution in [0.25, 0.3) is 0 Å². The first-order chi connectivity index (χ1) is 14.8. The number of likely N-dealkylation sites (tertiary alicyclic amines) is 1. The third kappa shape index (κ3) is 3.89. The number of carbonyl (C=O) groups excluding carboxylic acids is 4. The zero-order chi connectivity index (χ0) is 22.3. The van der Waals surface area contributed by atoms with Crippen LogP contribution in [0.1, 0.15) is 31.2 Å². The molecule has 1 aliphatic heterocycles. The van der Waals surface area contributed by atoms with Gasteiger partial charge >= 0.3 is 5.97 Å². The lowest BCUT2D eigenvalue weighted by Gasteiger charge is -2.19. The number of anilines is 1. The van der Waals surface area contributed by atoms with E-state index in [1.165, 1.54) is 23.1 Å². The molecule has 3 amide bonds. The average molecular weight is 429 g/mol. The van der Waals surface area contributed by atoms with Gasteiger partial charge in [0.1, 0.15) is 0 Å². The number of esters is 1. The van der Waals surface area contributed by atoms with Gasteiger partial charge < -0.3 is 10.1 Å². The van der Waals surface area contributed by atoms with Crippen molar-refractivity contribution in [3.05, 3.63) is 33.9 Å². The molecular weight excluding hydrogens is 406 g/mol. The third-order valence-corrected chi connectivity index (χ3v) is 6.61. The molecule has 1 N–H and O–H groups in total. The van der Waals surface area contributed by atoms with E-state index in [0.717, 1.165) is 19.3 Å². The summed E-state index contributed by atoms with van der Waals surface area (Å²) in [6.45, 7) is 0.964. The van der Waals surface area contributed by atoms with Crippen LogP contribution in [-0.4, -0.2) is 46.7 Å². The molecule has 4 rings (SSSR count). The van der Waals surface area contributed by atoms with Gasteiger partial charge in [0, 0.05) is 23.9 Å². The molecule has 0 spiro atoms. The number of imide groups is 1. The number of amides is 3. The van der Waals surface area contributed by atoms with Crippen molar-refractivity contribution in [2.24, 2.45) is 23.7 Å². The first-order valence-corrected chi connectivity index (χ1v) is 10.3. The molecule has 2 aliphatic carbocycles. The summed E-state index contributed by atoms with van der Waals surface area (Å²) in [7, 11) is 0. The van der Waals surface area contributed by atoms with E-state index in [4.69, 9.17) is 4.74 Å². The van der Waals surface area contributed by atoms with Crippen molar-refractivity contribution in [2.45, 2.75) is 32.6 Å². The maximum atomic E-state index is 12.6. The molecule has 0 unspecified atom stereocenters. The zero-order valence-electron chi connectivity index (χ0n) is 17.0. The molecule has 1 saturated heterocycles. The standard InChI is InChI=1S/C21H23N3O7/c1-11-2-5-14(9-15(11)24(29)30)22-16(25)10-31-17(26)6-7-23-20(27)18-12-3-4-13(8-12)19(18)21(23)28/h2,5,9,12-13,18-19H,3-4,6-8,10H2,1H3,(H,22,25)/t12-,13-,18+,19+/m0/s1. The Kier molecular flexibility index (Phi) is 5.47. The summed E-state index contributed by atoms with van der Waals surface area (Å²) in [4.78, 5) is 60.8. The highest BCUT2D eigenvalue weighted by Gasteiger charge is 2.60. The molecule has 0 radical (unpaired) electrons. The molecule has 0 aromatic heterocycles. The predicted octanol–water partition coefficient (Wildman–Crippen LogP) is 1.81. The smallest absolute Gasteiger partial charge is 0.308 e. The minimum atomic E-state index is -0.703. The fourth-order valence-electron chi connectivity index (χ4n) is 5.19. The van der Waals surface area contributed by atoms with E-state index in [1.54, 1.807) is 6.92 Å². The zero-order valence-corrected chi connectivity index (χ0v) is 17.0. The molecule has 1 aromatic carbocycles. The lowest BCUT2D eigenvalue weighted by molar-refractivity contribution is -0.385. The molecule has 164 valence electrons. The van der Waals surface area contributed by atoms with Gasteiger partial charge in [0.25, 0.3) is 11.6 Å². The Balaban J connectivity index is 1.24. The van der Waals surface area contributed by atoms with E-state index < -0.39 is 23.4 Å². The lowest BCUT2D eigenvalue weighted by atomic mass is 9.81. The summed E-state index contributed by atoms with van der Waals surface area (Å²) in [5, 5.41) is 13.4. The number of nitrogens with one attached hydrogen (secondary N) is 1. The Bertz CT molecular complexity index is 948. The number of rotatable bonds is 7. The number of hydrogen-bond donors (Lipinski definition) is 1. The topological polar surface area (TPSA) is 136 Å². The fraction of sp³-hybridized carbons (Fsp3) is 0.524. The molecule has 4 atom stereocenters. The molecule has 10 nitrogen and oxygen atoms in total. The minimum Gasteiger partial charge on any atom is -0.456 e. The second-order valence-electron chi connectivity index (χ2n) is 8.43. The second-order valence-corrected chi connectivity index (χ2v) is 8.43. The van der Waals surface area contributed by atoms with E-state index in [0.29, 0.717) is 5.56 Å². The summed E-state index contributed by atoms with van der Waals surface area (Å²) in [5.74, 6) is -1.62. The van der Waals surface area contributed by atoms with Crippen LogP contribution in [0.2, 0.25) is 0 Å². The molecule has 10 heteroatoms. The highest BCUT2D eigenvalue weighted by Crippen LogP contribution is 2.56. The Morgan fingerprint density at radius 1 is 1.19 bits per heavy atom. The fourth-order valence-corrected chi connectivity index (χ4v) is 5.19. The second kappa shape index (κ2) is 8.09. The van der Waals surface area contributed by atoms with Crippen LogP contribution in [0.5, 0.6) is 0 Å². The van der Waals surface area contributed by atoms with Crippen molar-refractivity contribution >= 4 is 35.1 Å². The van der Waals surface area contributed by atoms with E-state index in [1.807, 2.05) is 0 Å². The molecular formula is C21H23N3O7. The molecule has 1 aromatic rings. The minimum absolute atomic E-state index is 0.0469. The van der Waals surface area contributed by atoms with Crippen molar-refractivity contribution < 1.29 is 28.8 Å². The SMILES string of the molecule is Cc1ccc(NC(=O)COC(=O)CCN2C(=O)[C@@H]3[C@H]4CC[C@@H](C4)[C@H]3C2=O)cc1[N+](=O)[O-]. The number of aryl methyl sites for hydroxylation is 1. The quantitative estimate of drug-likeness (QED) is 0.302. The third-order valence-electron chi connectivity index (χ3n) is 6.61. The Morgan fingerprint density at radius 3 is 2.45 bits per heavy atom. The monoisotopic (exact) mass is 429 g/mol. The number of ether oxygens (including phenoxy) is 1. The van der Waals surface area contributed by atoms with Gasteiger partial charge in [-0.05, 0) is 44.1 Å². The maximum absolute atomic E-state index is 12.6. The van der Waals surface area contributed by atoms with Crippen LogP contribution in [0.3, 0.4) is 0 Å². The van der Waals surface area contributed by atoms with Crippen LogP contribution < -0.4 is 5.32 Å². The Labute approximate surface area is 178 Å². The summed E-state index contributed by atoms with van der Waals surface area (Å²) < 4.78 is 4.92.